The maximum atomic E-state index is 14.4. The van der Waals surface area contributed by atoms with Gasteiger partial charge >= 0.3 is 32.7 Å². The predicted octanol–water partition coefficient (Wildman–Crippen LogP) is 3.03. The molecule has 4 rings (SSSR count). The van der Waals surface area contributed by atoms with Crippen LogP contribution in [0.25, 0.3) is 17.0 Å². The normalized spacial score (nSPS) is 11.5. The van der Waals surface area contributed by atoms with Gasteiger partial charge in [0, 0.05) is 11.4 Å². The fourth-order valence-electron chi connectivity index (χ4n) is 2.80. The summed E-state index contributed by atoms with van der Waals surface area (Å²) >= 11 is 0. The van der Waals surface area contributed by atoms with Crippen LogP contribution in [0.5, 0.6) is 5.88 Å². The van der Waals surface area contributed by atoms with E-state index in [0.29, 0.717) is 17.4 Å². The van der Waals surface area contributed by atoms with E-state index in [0.717, 1.165) is 11.1 Å². The van der Waals surface area contributed by atoms with Crippen LogP contribution in [-0.2, 0) is 44.7 Å². The van der Waals surface area contributed by atoms with Gasteiger partial charge in [-0.15, -0.1) is 34.0 Å². The van der Waals surface area contributed by atoms with Gasteiger partial charge in [0.25, 0.3) is 0 Å². The van der Waals surface area contributed by atoms with Crippen LogP contribution in [0.2, 0.25) is 0 Å². The van der Waals surface area contributed by atoms with Gasteiger partial charge in [-0.05, 0) is 11.5 Å². The molecule has 0 amide bonds. The number of ether oxygens (including phenoxy) is 1. The van der Waals surface area contributed by atoms with Crippen LogP contribution >= 0.6 is 0 Å². The maximum absolute atomic E-state index is 14.4. The van der Waals surface area contributed by atoms with E-state index in [4.69, 9.17) is 4.74 Å². The standard InChI is InChI=1S/C19H19FN7O.Y/c1-11-5-6-14(20)12(7-11)17-25-24-16-8-13(19(2,3)4)18(26-27(16)17)28-9-15-21-10-22-23-15;/h5-6,8,10H,9H2,1-4H3,(H,21,22,23);/q-1;+3. The number of aromatic amines is 1. The van der Waals surface area contributed by atoms with Gasteiger partial charge in [-0.1, -0.05) is 33.3 Å². The molecular weight excluding hydrogens is 450 g/mol. The number of fused-ring (bicyclic) bond motifs is 1. The van der Waals surface area contributed by atoms with E-state index < -0.39 is 5.82 Å². The number of nitrogens with one attached hydrogen (secondary N) is 1. The molecule has 0 unspecified atom stereocenters. The molecule has 1 aromatic carbocycles. The second-order valence-electron chi connectivity index (χ2n) is 7.49. The summed E-state index contributed by atoms with van der Waals surface area (Å²) in [4.78, 5) is 4.06. The Morgan fingerprint density at radius 3 is 2.72 bits per heavy atom. The fourth-order valence-corrected chi connectivity index (χ4v) is 2.80. The Hall–Kier alpha value is -2.26. The Balaban J connectivity index is 0.00000240. The first-order chi connectivity index (χ1) is 13.3. The first kappa shape index (κ1) is 21.5. The van der Waals surface area contributed by atoms with Gasteiger partial charge in [0.2, 0.25) is 5.88 Å². The zero-order chi connectivity index (χ0) is 19.9. The first-order valence-corrected chi connectivity index (χ1v) is 8.76. The van der Waals surface area contributed by atoms with E-state index in [2.05, 4.69) is 36.5 Å². The molecule has 0 aliphatic heterocycles. The zero-order valence-electron chi connectivity index (χ0n) is 16.6. The third-order valence-corrected chi connectivity index (χ3v) is 4.24. The van der Waals surface area contributed by atoms with Gasteiger partial charge in [-0.25, -0.2) is 9.50 Å². The number of hydrogen-bond acceptors (Lipinski definition) is 6. The summed E-state index contributed by atoms with van der Waals surface area (Å²) in [5.74, 6) is 0.793. The van der Waals surface area contributed by atoms with Crippen molar-refractivity contribution in [2.75, 3.05) is 0 Å². The van der Waals surface area contributed by atoms with Gasteiger partial charge in [-0.3, -0.25) is 9.49 Å². The molecule has 0 radical (unpaired) electrons. The smallest absolute Gasteiger partial charge is 0.468 e. The van der Waals surface area contributed by atoms with Crippen molar-refractivity contribution in [2.24, 2.45) is 0 Å². The van der Waals surface area contributed by atoms with Gasteiger partial charge in [-0.2, -0.15) is 10.2 Å². The molecule has 1 N–H and O–H groups in total. The van der Waals surface area contributed by atoms with Crippen molar-refractivity contribution in [3.63, 3.8) is 0 Å². The Labute approximate surface area is 192 Å². The summed E-state index contributed by atoms with van der Waals surface area (Å²) in [6.07, 6.45) is 1.41. The number of aromatic nitrogens is 7. The van der Waals surface area contributed by atoms with Crippen molar-refractivity contribution in [1.29, 1.82) is 0 Å². The van der Waals surface area contributed by atoms with Crippen molar-refractivity contribution < 1.29 is 41.8 Å². The molecule has 29 heavy (non-hydrogen) atoms. The molecule has 0 saturated heterocycles. The quantitative estimate of drug-likeness (QED) is 0.462. The number of H-pyrrole nitrogens is 1. The molecule has 0 spiro atoms. The van der Waals surface area contributed by atoms with Crippen LogP contribution in [0.4, 0.5) is 4.39 Å². The SMILES string of the molecule is Cc1[c-]c(-c2nnc3cc(C(C)(C)C)c(OCc4ncn[nH]4)nn23)c(F)cc1.[Y+3]. The molecule has 8 nitrogen and oxygen atoms in total. The molecule has 0 fully saturated rings. The second kappa shape index (κ2) is 8.24. The Bertz CT molecular complexity index is 1140. The van der Waals surface area contributed by atoms with Crippen molar-refractivity contribution >= 4 is 5.65 Å². The molecule has 0 aliphatic rings. The summed E-state index contributed by atoms with van der Waals surface area (Å²) in [6.45, 7) is 8.15. The van der Waals surface area contributed by atoms with E-state index in [1.165, 1.54) is 16.9 Å². The van der Waals surface area contributed by atoms with Gasteiger partial charge in [0.15, 0.2) is 11.5 Å². The van der Waals surface area contributed by atoms with E-state index in [1.54, 1.807) is 6.07 Å². The Kier molecular flexibility index (Phi) is 6.09. The molecule has 0 atom stereocenters. The van der Waals surface area contributed by atoms with Gasteiger partial charge in [0.05, 0.1) is 0 Å². The molecule has 4 aromatic rings. The van der Waals surface area contributed by atoms with Crippen LogP contribution < -0.4 is 4.74 Å². The largest absolute Gasteiger partial charge is 3.00 e. The van der Waals surface area contributed by atoms with Crippen molar-refractivity contribution in [3.8, 4) is 17.3 Å². The minimum atomic E-state index is -0.439. The number of halogens is 1. The van der Waals surface area contributed by atoms with Crippen molar-refractivity contribution in [2.45, 2.75) is 39.7 Å². The predicted molar refractivity (Wildman–Crippen MR) is 99.2 cm³/mol. The summed E-state index contributed by atoms with van der Waals surface area (Å²) < 4.78 is 21.7. The molecule has 3 aromatic heterocycles. The summed E-state index contributed by atoms with van der Waals surface area (Å²) in [6, 6.07) is 7.87. The monoisotopic (exact) mass is 469 g/mol. The van der Waals surface area contributed by atoms with Crippen LogP contribution in [0.15, 0.2) is 24.5 Å². The average Bonchev–Trinajstić information content (AvgIpc) is 3.29. The minimum Gasteiger partial charge on any atom is -0.468 e. The number of benzene rings is 1. The third-order valence-electron chi connectivity index (χ3n) is 4.24. The number of aryl methyl sites for hydroxylation is 1. The van der Waals surface area contributed by atoms with Crippen LogP contribution in [0.3, 0.4) is 0 Å². The van der Waals surface area contributed by atoms with E-state index in [-0.39, 0.29) is 56.1 Å². The molecule has 0 saturated carbocycles. The number of hydrogen-bond donors (Lipinski definition) is 1. The molecular formula is C19H19FN7OY+2. The molecule has 0 bridgehead atoms. The van der Waals surface area contributed by atoms with E-state index in [9.17, 15) is 4.39 Å². The van der Waals surface area contributed by atoms with E-state index >= 15 is 0 Å². The fraction of sp³-hybridized carbons (Fsp3) is 0.316. The summed E-state index contributed by atoms with van der Waals surface area (Å²) in [7, 11) is 0. The van der Waals surface area contributed by atoms with Gasteiger partial charge < -0.3 is 4.74 Å². The minimum absolute atomic E-state index is 0. The van der Waals surface area contributed by atoms with Crippen molar-refractivity contribution in [3.05, 3.63) is 53.4 Å². The average molecular weight is 469 g/mol. The third kappa shape index (κ3) is 4.35. The molecule has 144 valence electrons. The maximum Gasteiger partial charge on any atom is 3.00 e. The Morgan fingerprint density at radius 1 is 1.24 bits per heavy atom. The molecule has 10 heteroatoms. The van der Waals surface area contributed by atoms with Crippen LogP contribution in [-0.4, -0.2) is 35.0 Å². The topological polar surface area (TPSA) is 93.9 Å². The second-order valence-corrected chi connectivity index (χ2v) is 7.49. The van der Waals surface area contributed by atoms with Crippen LogP contribution in [0.1, 0.15) is 37.7 Å². The molecule has 3 heterocycles. The number of nitrogens with zero attached hydrogens (tertiary/aromatic N) is 6. The van der Waals surface area contributed by atoms with Gasteiger partial charge in [0.1, 0.15) is 18.8 Å². The first-order valence-electron chi connectivity index (χ1n) is 8.76. The Morgan fingerprint density at radius 2 is 2.03 bits per heavy atom. The number of rotatable bonds is 4. The summed E-state index contributed by atoms with van der Waals surface area (Å²) in [5.41, 5.74) is 2.11. The zero-order valence-corrected chi connectivity index (χ0v) is 19.4. The van der Waals surface area contributed by atoms with E-state index in [1.807, 2.05) is 33.8 Å². The summed E-state index contributed by atoms with van der Waals surface area (Å²) in [5, 5.41) is 19.4. The van der Waals surface area contributed by atoms with Crippen molar-refractivity contribution in [1.82, 2.24) is 35.0 Å². The molecule has 0 aliphatic carbocycles. The van der Waals surface area contributed by atoms with Crippen LogP contribution in [0, 0.1) is 18.8 Å².